The summed E-state index contributed by atoms with van der Waals surface area (Å²) in [6.45, 7) is 10.9. The van der Waals surface area contributed by atoms with Gasteiger partial charge in [0.1, 0.15) is 5.82 Å². The van der Waals surface area contributed by atoms with Crippen LogP contribution in [0.4, 0.5) is 5.82 Å². The standard InChI is InChI=1S/C15H24ClN3O/c1-14(2)9-19(10-15(3,4)20-14)13-6-11(7-17-5)12(16)8-18-13/h6,8,17H,7,9-10H2,1-5H3. The number of nitrogens with zero attached hydrogens (tertiary/aromatic N) is 2. The number of rotatable bonds is 3. The Kier molecular flexibility index (Phi) is 4.28. The highest BCUT2D eigenvalue weighted by molar-refractivity contribution is 6.31. The topological polar surface area (TPSA) is 37.4 Å². The molecule has 0 spiro atoms. The van der Waals surface area contributed by atoms with Gasteiger partial charge in [0.2, 0.25) is 0 Å². The van der Waals surface area contributed by atoms with Crippen molar-refractivity contribution in [1.29, 1.82) is 0 Å². The molecule has 1 N–H and O–H groups in total. The zero-order chi connectivity index (χ0) is 15.0. The Morgan fingerprint density at radius 3 is 2.45 bits per heavy atom. The molecule has 4 nitrogen and oxygen atoms in total. The number of nitrogens with one attached hydrogen (secondary N) is 1. The molecule has 0 aliphatic carbocycles. The Hall–Kier alpha value is -0.840. The van der Waals surface area contributed by atoms with Crippen LogP contribution in [0.3, 0.4) is 0 Å². The summed E-state index contributed by atoms with van der Waals surface area (Å²) in [4.78, 5) is 6.76. The number of halogens is 1. The third-order valence-electron chi connectivity index (χ3n) is 3.31. The van der Waals surface area contributed by atoms with Gasteiger partial charge in [-0.15, -0.1) is 0 Å². The molecule has 1 aromatic heterocycles. The van der Waals surface area contributed by atoms with E-state index in [1.54, 1.807) is 6.20 Å². The van der Waals surface area contributed by atoms with Gasteiger partial charge in [-0.1, -0.05) is 11.6 Å². The second kappa shape index (κ2) is 5.51. The smallest absolute Gasteiger partial charge is 0.129 e. The molecule has 1 aromatic rings. The van der Waals surface area contributed by atoms with Crippen LogP contribution in [0.2, 0.25) is 5.02 Å². The number of pyridine rings is 1. The maximum absolute atomic E-state index is 6.18. The van der Waals surface area contributed by atoms with Crippen LogP contribution in [0.5, 0.6) is 0 Å². The minimum atomic E-state index is -0.188. The van der Waals surface area contributed by atoms with Gasteiger partial charge in [-0.05, 0) is 46.4 Å². The molecule has 1 saturated heterocycles. The van der Waals surface area contributed by atoms with Crippen molar-refractivity contribution in [3.63, 3.8) is 0 Å². The molecule has 2 heterocycles. The normalized spacial score (nSPS) is 21.0. The van der Waals surface area contributed by atoms with Gasteiger partial charge in [0.05, 0.1) is 16.2 Å². The lowest BCUT2D eigenvalue weighted by molar-refractivity contribution is -0.133. The maximum Gasteiger partial charge on any atom is 0.129 e. The van der Waals surface area contributed by atoms with Gasteiger partial charge < -0.3 is 15.0 Å². The predicted octanol–water partition coefficient (Wildman–Crippen LogP) is 2.85. The molecular formula is C15H24ClN3O. The number of ether oxygens (including phenoxy) is 1. The quantitative estimate of drug-likeness (QED) is 0.931. The first-order valence-corrected chi connectivity index (χ1v) is 7.34. The zero-order valence-corrected chi connectivity index (χ0v) is 13.7. The lowest BCUT2D eigenvalue weighted by Crippen LogP contribution is -2.57. The largest absolute Gasteiger partial charge is 0.366 e. The molecule has 0 bridgehead atoms. The molecule has 20 heavy (non-hydrogen) atoms. The fourth-order valence-electron chi connectivity index (χ4n) is 2.92. The van der Waals surface area contributed by atoms with Crippen molar-refractivity contribution in [1.82, 2.24) is 10.3 Å². The van der Waals surface area contributed by atoms with E-state index in [4.69, 9.17) is 16.3 Å². The predicted molar refractivity (Wildman–Crippen MR) is 83.5 cm³/mol. The van der Waals surface area contributed by atoms with Crippen LogP contribution in [-0.4, -0.2) is 36.3 Å². The third kappa shape index (κ3) is 3.62. The number of hydrogen-bond donors (Lipinski definition) is 1. The van der Waals surface area contributed by atoms with Gasteiger partial charge in [0, 0.05) is 25.8 Å². The minimum Gasteiger partial charge on any atom is -0.366 e. The van der Waals surface area contributed by atoms with E-state index < -0.39 is 0 Å². The van der Waals surface area contributed by atoms with E-state index in [1.165, 1.54) is 0 Å². The summed E-state index contributed by atoms with van der Waals surface area (Å²) >= 11 is 6.18. The van der Waals surface area contributed by atoms with E-state index >= 15 is 0 Å². The highest BCUT2D eigenvalue weighted by Gasteiger charge is 2.38. The average Bonchev–Trinajstić information content (AvgIpc) is 2.28. The first-order valence-electron chi connectivity index (χ1n) is 6.97. The van der Waals surface area contributed by atoms with Crippen LogP contribution in [0, 0.1) is 0 Å². The van der Waals surface area contributed by atoms with Crippen LogP contribution in [0.25, 0.3) is 0 Å². The highest BCUT2D eigenvalue weighted by Crippen LogP contribution is 2.31. The number of anilines is 1. The first-order chi connectivity index (χ1) is 9.22. The zero-order valence-electron chi connectivity index (χ0n) is 13.0. The van der Waals surface area contributed by atoms with Crippen molar-refractivity contribution in [2.75, 3.05) is 25.0 Å². The summed E-state index contributed by atoms with van der Waals surface area (Å²) in [5.41, 5.74) is 0.694. The number of hydrogen-bond acceptors (Lipinski definition) is 4. The van der Waals surface area contributed by atoms with Crippen molar-refractivity contribution in [2.24, 2.45) is 0 Å². The van der Waals surface area contributed by atoms with Gasteiger partial charge in [0.15, 0.2) is 0 Å². The van der Waals surface area contributed by atoms with E-state index in [2.05, 4.69) is 49.0 Å². The fraction of sp³-hybridized carbons (Fsp3) is 0.667. The number of morpholine rings is 1. The van der Waals surface area contributed by atoms with Gasteiger partial charge in [-0.2, -0.15) is 0 Å². The maximum atomic E-state index is 6.18. The lowest BCUT2D eigenvalue weighted by atomic mass is 9.99. The van der Waals surface area contributed by atoms with Crippen LogP contribution in [0.15, 0.2) is 12.3 Å². The van der Waals surface area contributed by atoms with E-state index in [9.17, 15) is 0 Å². The Bertz CT molecular complexity index is 472. The molecule has 0 unspecified atom stereocenters. The molecule has 1 aliphatic rings. The SMILES string of the molecule is CNCc1cc(N2CC(C)(C)OC(C)(C)C2)ncc1Cl. The van der Waals surface area contributed by atoms with Crippen molar-refractivity contribution in [2.45, 2.75) is 45.4 Å². The second-order valence-electron chi connectivity index (χ2n) is 6.64. The van der Waals surface area contributed by atoms with E-state index in [-0.39, 0.29) is 11.2 Å². The fourth-order valence-corrected chi connectivity index (χ4v) is 3.09. The molecule has 1 aliphatic heterocycles. The molecular weight excluding hydrogens is 274 g/mol. The Morgan fingerprint density at radius 2 is 1.90 bits per heavy atom. The van der Waals surface area contributed by atoms with Gasteiger partial charge in [0.25, 0.3) is 0 Å². The average molecular weight is 298 g/mol. The van der Waals surface area contributed by atoms with Crippen molar-refractivity contribution < 1.29 is 4.74 Å². The Balaban J connectivity index is 2.28. The van der Waals surface area contributed by atoms with Crippen molar-refractivity contribution in [3.05, 3.63) is 22.8 Å². The first kappa shape index (κ1) is 15.5. The lowest BCUT2D eigenvalue weighted by Gasteiger charge is -2.47. The minimum absolute atomic E-state index is 0.188. The van der Waals surface area contributed by atoms with E-state index in [0.29, 0.717) is 5.02 Å². The Labute approximate surface area is 126 Å². The van der Waals surface area contributed by atoms with Crippen molar-refractivity contribution in [3.8, 4) is 0 Å². The van der Waals surface area contributed by atoms with Crippen LogP contribution >= 0.6 is 11.6 Å². The molecule has 0 aromatic carbocycles. The van der Waals surface area contributed by atoms with E-state index in [1.807, 2.05) is 7.05 Å². The van der Waals surface area contributed by atoms with Gasteiger partial charge in [-0.3, -0.25) is 0 Å². The van der Waals surface area contributed by atoms with Crippen LogP contribution in [0.1, 0.15) is 33.3 Å². The monoisotopic (exact) mass is 297 g/mol. The summed E-state index contributed by atoms with van der Waals surface area (Å²) in [7, 11) is 1.91. The van der Waals surface area contributed by atoms with Gasteiger partial charge >= 0.3 is 0 Å². The summed E-state index contributed by atoms with van der Waals surface area (Å²) < 4.78 is 6.11. The summed E-state index contributed by atoms with van der Waals surface area (Å²) in [6.07, 6.45) is 1.74. The summed E-state index contributed by atoms with van der Waals surface area (Å²) in [6, 6.07) is 2.07. The van der Waals surface area contributed by atoms with E-state index in [0.717, 1.165) is 31.0 Å². The van der Waals surface area contributed by atoms with Crippen molar-refractivity contribution >= 4 is 17.4 Å². The second-order valence-corrected chi connectivity index (χ2v) is 7.05. The third-order valence-corrected chi connectivity index (χ3v) is 3.65. The summed E-state index contributed by atoms with van der Waals surface area (Å²) in [5.74, 6) is 0.962. The molecule has 112 valence electrons. The summed E-state index contributed by atoms with van der Waals surface area (Å²) in [5, 5.41) is 3.84. The molecule has 1 fully saturated rings. The molecule has 0 saturated carbocycles. The van der Waals surface area contributed by atoms with Crippen LogP contribution < -0.4 is 10.2 Å². The molecule has 0 amide bonds. The highest BCUT2D eigenvalue weighted by atomic mass is 35.5. The number of aromatic nitrogens is 1. The molecule has 5 heteroatoms. The van der Waals surface area contributed by atoms with Crippen LogP contribution in [-0.2, 0) is 11.3 Å². The molecule has 0 atom stereocenters. The molecule has 0 radical (unpaired) electrons. The molecule has 2 rings (SSSR count). The Morgan fingerprint density at radius 1 is 1.30 bits per heavy atom. The van der Waals surface area contributed by atoms with Gasteiger partial charge in [-0.25, -0.2) is 4.98 Å².